The van der Waals surface area contributed by atoms with Crippen molar-refractivity contribution in [1.82, 2.24) is 4.90 Å². The van der Waals surface area contributed by atoms with E-state index in [0.717, 1.165) is 25.8 Å². The first-order valence-corrected chi connectivity index (χ1v) is 6.20. The van der Waals surface area contributed by atoms with Crippen LogP contribution in [0, 0.1) is 0 Å². The molecular formula is C12H24N2O. The lowest BCUT2D eigenvalue weighted by atomic mass is 10.1. The maximum atomic E-state index is 11.9. The summed E-state index contributed by atoms with van der Waals surface area (Å²) in [5.74, 6) is 0.309. The largest absolute Gasteiger partial charge is 0.340 e. The Labute approximate surface area is 93.0 Å². The number of carbonyl (C=O) groups is 1. The molecule has 15 heavy (non-hydrogen) atoms. The van der Waals surface area contributed by atoms with E-state index in [1.54, 1.807) is 0 Å². The number of nitrogens with two attached hydrogens (primary N) is 1. The number of rotatable bonds is 7. The van der Waals surface area contributed by atoms with Crippen LogP contribution in [0.5, 0.6) is 0 Å². The molecule has 1 atom stereocenters. The molecule has 0 radical (unpaired) electrons. The van der Waals surface area contributed by atoms with Gasteiger partial charge >= 0.3 is 0 Å². The summed E-state index contributed by atoms with van der Waals surface area (Å²) < 4.78 is 0. The van der Waals surface area contributed by atoms with Crippen LogP contribution in [0.15, 0.2) is 0 Å². The summed E-state index contributed by atoms with van der Waals surface area (Å²) in [6, 6.07) is 0.693. The van der Waals surface area contributed by atoms with Crippen LogP contribution in [-0.2, 0) is 4.79 Å². The van der Waals surface area contributed by atoms with E-state index in [4.69, 9.17) is 5.73 Å². The molecule has 0 aromatic carbocycles. The standard InChI is InChI=1S/C12H24N2O/c1-3-4-9-14(11-6-7-11)12(15)8-5-10(2)13/h10-11H,3-9,13H2,1-2H3. The van der Waals surface area contributed by atoms with E-state index < -0.39 is 0 Å². The highest BCUT2D eigenvalue weighted by Crippen LogP contribution is 2.27. The van der Waals surface area contributed by atoms with Crippen LogP contribution < -0.4 is 5.73 Å². The molecule has 1 aliphatic carbocycles. The fourth-order valence-electron chi connectivity index (χ4n) is 1.72. The lowest BCUT2D eigenvalue weighted by molar-refractivity contribution is -0.132. The summed E-state index contributed by atoms with van der Waals surface area (Å²) in [5, 5.41) is 0. The van der Waals surface area contributed by atoms with Crippen LogP contribution in [0.1, 0.15) is 52.4 Å². The first kappa shape index (κ1) is 12.5. The van der Waals surface area contributed by atoms with Crippen molar-refractivity contribution < 1.29 is 4.79 Å². The lowest BCUT2D eigenvalue weighted by Crippen LogP contribution is -2.34. The number of amides is 1. The maximum Gasteiger partial charge on any atom is 0.222 e. The van der Waals surface area contributed by atoms with Crippen molar-refractivity contribution in [3.8, 4) is 0 Å². The number of unbranched alkanes of at least 4 members (excludes halogenated alkanes) is 1. The normalized spacial score (nSPS) is 17.5. The molecule has 0 saturated heterocycles. The molecule has 1 aliphatic rings. The third-order valence-corrected chi connectivity index (χ3v) is 2.87. The molecule has 0 aliphatic heterocycles. The molecule has 0 spiro atoms. The highest BCUT2D eigenvalue weighted by Gasteiger charge is 2.31. The van der Waals surface area contributed by atoms with E-state index in [1.165, 1.54) is 12.8 Å². The Kier molecular flexibility index (Phi) is 5.09. The van der Waals surface area contributed by atoms with Gasteiger partial charge in [0.1, 0.15) is 0 Å². The molecule has 1 rings (SSSR count). The predicted molar refractivity (Wildman–Crippen MR) is 62.5 cm³/mol. The molecular weight excluding hydrogens is 188 g/mol. The van der Waals surface area contributed by atoms with Crippen molar-refractivity contribution >= 4 is 5.91 Å². The molecule has 3 nitrogen and oxygen atoms in total. The van der Waals surface area contributed by atoms with E-state index in [-0.39, 0.29) is 6.04 Å². The minimum Gasteiger partial charge on any atom is -0.340 e. The topological polar surface area (TPSA) is 46.3 Å². The van der Waals surface area contributed by atoms with Crippen LogP contribution in [0.2, 0.25) is 0 Å². The number of hydrogen-bond donors (Lipinski definition) is 1. The van der Waals surface area contributed by atoms with Gasteiger partial charge < -0.3 is 10.6 Å². The molecule has 2 N–H and O–H groups in total. The van der Waals surface area contributed by atoms with Crippen LogP contribution >= 0.6 is 0 Å². The average Bonchev–Trinajstić information content (AvgIpc) is 2.99. The Balaban J connectivity index is 2.30. The summed E-state index contributed by atoms with van der Waals surface area (Å²) in [7, 11) is 0. The van der Waals surface area contributed by atoms with Crippen LogP contribution in [0.25, 0.3) is 0 Å². The molecule has 1 fully saturated rings. The zero-order chi connectivity index (χ0) is 11.3. The van der Waals surface area contributed by atoms with Crippen LogP contribution in [0.4, 0.5) is 0 Å². The van der Waals surface area contributed by atoms with Gasteiger partial charge in [-0.25, -0.2) is 0 Å². The zero-order valence-electron chi connectivity index (χ0n) is 10.0. The Morgan fingerprint density at radius 1 is 1.53 bits per heavy atom. The molecule has 3 heteroatoms. The Hall–Kier alpha value is -0.570. The van der Waals surface area contributed by atoms with Gasteiger partial charge in [0.05, 0.1) is 0 Å². The van der Waals surface area contributed by atoms with Crippen molar-refractivity contribution in [2.24, 2.45) is 5.73 Å². The summed E-state index contributed by atoms with van der Waals surface area (Å²) in [6.45, 7) is 5.07. The molecule has 1 saturated carbocycles. The fourth-order valence-corrected chi connectivity index (χ4v) is 1.72. The Bertz CT molecular complexity index is 200. The van der Waals surface area contributed by atoms with Crippen molar-refractivity contribution in [2.45, 2.75) is 64.5 Å². The van der Waals surface area contributed by atoms with Gasteiger partial charge in [-0.15, -0.1) is 0 Å². The van der Waals surface area contributed by atoms with Crippen molar-refractivity contribution in [2.75, 3.05) is 6.54 Å². The molecule has 0 bridgehead atoms. The zero-order valence-corrected chi connectivity index (χ0v) is 10.0. The van der Waals surface area contributed by atoms with Gasteiger partial charge in [-0.2, -0.15) is 0 Å². The van der Waals surface area contributed by atoms with Crippen molar-refractivity contribution in [3.63, 3.8) is 0 Å². The molecule has 1 amide bonds. The summed E-state index contributed by atoms with van der Waals surface area (Å²) in [6.07, 6.45) is 6.12. The predicted octanol–water partition coefficient (Wildman–Crippen LogP) is 1.90. The van der Waals surface area contributed by atoms with E-state index in [9.17, 15) is 4.79 Å². The van der Waals surface area contributed by atoms with Gasteiger partial charge in [0.15, 0.2) is 0 Å². The third-order valence-electron chi connectivity index (χ3n) is 2.87. The van der Waals surface area contributed by atoms with Gasteiger partial charge in [-0.1, -0.05) is 13.3 Å². The number of nitrogens with zero attached hydrogens (tertiary/aromatic N) is 1. The van der Waals surface area contributed by atoms with Gasteiger partial charge in [-0.05, 0) is 32.6 Å². The quantitative estimate of drug-likeness (QED) is 0.700. The van der Waals surface area contributed by atoms with E-state index >= 15 is 0 Å². The molecule has 0 aromatic rings. The van der Waals surface area contributed by atoms with Crippen molar-refractivity contribution in [1.29, 1.82) is 0 Å². The van der Waals surface area contributed by atoms with Gasteiger partial charge in [0, 0.05) is 25.0 Å². The number of carbonyl (C=O) groups excluding carboxylic acids is 1. The van der Waals surface area contributed by atoms with Gasteiger partial charge in [0.25, 0.3) is 0 Å². The van der Waals surface area contributed by atoms with E-state index in [2.05, 4.69) is 11.8 Å². The van der Waals surface area contributed by atoms with Gasteiger partial charge in [-0.3, -0.25) is 4.79 Å². The van der Waals surface area contributed by atoms with Crippen LogP contribution in [0.3, 0.4) is 0 Å². The summed E-state index contributed by atoms with van der Waals surface area (Å²) >= 11 is 0. The minimum atomic E-state index is 0.140. The van der Waals surface area contributed by atoms with E-state index in [0.29, 0.717) is 18.4 Å². The number of hydrogen-bond acceptors (Lipinski definition) is 2. The summed E-state index contributed by atoms with van der Waals surface area (Å²) in [4.78, 5) is 14.0. The first-order valence-electron chi connectivity index (χ1n) is 6.20. The molecule has 0 aromatic heterocycles. The molecule has 1 unspecified atom stereocenters. The minimum absolute atomic E-state index is 0.140. The first-order chi connectivity index (χ1) is 7.15. The second kappa shape index (κ2) is 6.11. The Morgan fingerprint density at radius 2 is 2.20 bits per heavy atom. The maximum absolute atomic E-state index is 11.9. The molecule has 0 heterocycles. The summed E-state index contributed by atoms with van der Waals surface area (Å²) in [5.41, 5.74) is 5.66. The second-order valence-electron chi connectivity index (χ2n) is 4.69. The lowest BCUT2D eigenvalue weighted by Gasteiger charge is -2.22. The van der Waals surface area contributed by atoms with E-state index in [1.807, 2.05) is 6.92 Å². The van der Waals surface area contributed by atoms with Gasteiger partial charge in [0.2, 0.25) is 5.91 Å². The average molecular weight is 212 g/mol. The molecule has 88 valence electrons. The third kappa shape index (κ3) is 4.65. The second-order valence-corrected chi connectivity index (χ2v) is 4.69. The highest BCUT2D eigenvalue weighted by molar-refractivity contribution is 5.76. The fraction of sp³-hybridized carbons (Fsp3) is 0.917. The highest BCUT2D eigenvalue weighted by atomic mass is 16.2. The Morgan fingerprint density at radius 3 is 2.67 bits per heavy atom. The smallest absolute Gasteiger partial charge is 0.222 e. The van der Waals surface area contributed by atoms with Crippen LogP contribution in [-0.4, -0.2) is 29.4 Å². The monoisotopic (exact) mass is 212 g/mol. The SMILES string of the molecule is CCCCN(C(=O)CCC(C)N)C1CC1. The van der Waals surface area contributed by atoms with Crippen molar-refractivity contribution in [3.05, 3.63) is 0 Å².